The zero-order valence-corrected chi connectivity index (χ0v) is 14.2. The van der Waals surface area contributed by atoms with Crippen LogP contribution in [0.25, 0.3) is 0 Å². The van der Waals surface area contributed by atoms with Crippen LogP contribution in [-0.2, 0) is 10.9 Å². The molecule has 0 aliphatic carbocycles. The normalized spacial score (nSPS) is 17.0. The van der Waals surface area contributed by atoms with Crippen LogP contribution in [0.3, 0.4) is 0 Å². The Hall–Kier alpha value is -2.61. The Morgan fingerprint density at radius 2 is 1.93 bits per heavy atom. The third kappa shape index (κ3) is 4.97. The van der Waals surface area contributed by atoms with Crippen molar-refractivity contribution in [2.45, 2.75) is 25.1 Å². The van der Waals surface area contributed by atoms with Gasteiger partial charge in [0.15, 0.2) is 0 Å². The van der Waals surface area contributed by atoms with Crippen molar-refractivity contribution in [3.8, 4) is 5.75 Å². The van der Waals surface area contributed by atoms with E-state index in [1.807, 2.05) is 0 Å². The first kappa shape index (κ1) is 19.2. The van der Waals surface area contributed by atoms with E-state index < -0.39 is 23.5 Å². The molecule has 0 aromatic heterocycles. The molecular weight excluding hydrogens is 366 g/mol. The van der Waals surface area contributed by atoms with E-state index in [0.717, 1.165) is 43.2 Å². The molecule has 1 N–H and O–H groups in total. The van der Waals surface area contributed by atoms with Crippen molar-refractivity contribution in [2.24, 2.45) is 0 Å². The lowest BCUT2D eigenvalue weighted by Crippen LogP contribution is -2.18. The maximum absolute atomic E-state index is 13.0. The fourth-order valence-electron chi connectivity index (χ4n) is 2.68. The van der Waals surface area contributed by atoms with Crippen molar-refractivity contribution in [3.05, 3.63) is 59.4 Å². The third-order valence-corrected chi connectivity index (χ3v) is 4.11. The molecule has 8 heteroatoms. The number of anilines is 1. The molecule has 1 amide bonds. The van der Waals surface area contributed by atoms with Gasteiger partial charge >= 0.3 is 6.18 Å². The van der Waals surface area contributed by atoms with Crippen LogP contribution in [0.2, 0.25) is 0 Å². The number of hydrogen-bond acceptors (Lipinski definition) is 3. The van der Waals surface area contributed by atoms with Gasteiger partial charge in [-0.25, -0.2) is 4.39 Å². The van der Waals surface area contributed by atoms with Crippen molar-refractivity contribution in [3.63, 3.8) is 0 Å². The Bertz CT molecular complexity index is 800. The molecule has 0 unspecified atom stereocenters. The number of hydrogen-bond donors (Lipinski definition) is 1. The molecule has 0 radical (unpaired) electrons. The summed E-state index contributed by atoms with van der Waals surface area (Å²) in [5.41, 5.74) is -0.919. The van der Waals surface area contributed by atoms with Crippen molar-refractivity contribution >= 4 is 11.6 Å². The summed E-state index contributed by atoms with van der Waals surface area (Å²) in [5.74, 6) is -1.09. The summed E-state index contributed by atoms with van der Waals surface area (Å²) >= 11 is 0. The summed E-state index contributed by atoms with van der Waals surface area (Å²) in [6.07, 6.45) is -3.00. The quantitative estimate of drug-likeness (QED) is 0.765. The smallest absolute Gasteiger partial charge is 0.416 e. The summed E-state index contributed by atoms with van der Waals surface area (Å²) in [7, 11) is 0. The van der Waals surface area contributed by atoms with Gasteiger partial charge in [0.25, 0.3) is 5.91 Å². The summed E-state index contributed by atoms with van der Waals surface area (Å²) in [6, 6.07) is 7.53. The van der Waals surface area contributed by atoms with E-state index in [1.54, 1.807) is 0 Å². The second kappa shape index (κ2) is 7.96. The zero-order valence-electron chi connectivity index (χ0n) is 14.2. The minimum atomic E-state index is -4.57. The Labute approximate surface area is 153 Å². The number of halogens is 4. The van der Waals surface area contributed by atoms with Crippen LogP contribution in [0.5, 0.6) is 5.75 Å². The standard InChI is InChI=1S/C19H17F4NO3/c20-14-6-3-12(4-7-14)18(25)24-16-10-13(19(21,22)23)5-8-17(16)27-11-15-2-1-9-26-15/h3-8,10,15H,1-2,9,11H2,(H,24,25)/t15-/m1/s1. The number of amides is 1. The monoisotopic (exact) mass is 383 g/mol. The van der Waals surface area contributed by atoms with Gasteiger partial charge < -0.3 is 14.8 Å². The topological polar surface area (TPSA) is 47.6 Å². The summed E-state index contributed by atoms with van der Waals surface area (Å²) in [5, 5.41) is 2.41. The maximum Gasteiger partial charge on any atom is 0.416 e. The van der Waals surface area contributed by atoms with Crippen molar-refractivity contribution in [1.82, 2.24) is 0 Å². The van der Waals surface area contributed by atoms with Gasteiger partial charge in [0.05, 0.1) is 17.4 Å². The molecule has 3 rings (SSSR count). The van der Waals surface area contributed by atoms with E-state index in [1.165, 1.54) is 12.1 Å². The molecule has 27 heavy (non-hydrogen) atoms. The molecule has 1 heterocycles. The van der Waals surface area contributed by atoms with Gasteiger partial charge in [-0.1, -0.05) is 0 Å². The summed E-state index contributed by atoms with van der Waals surface area (Å²) < 4.78 is 63.1. The van der Waals surface area contributed by atoms with E-state index in [4.69, 9.17) is 9.47 Å². The van der Waals surface area contributed by atoms with Crippen LogP contribution >= 0.6 is 0 Å². The van der Waals surface area contributed by atoms with Gasteiger partial charge in [0, 0.05) is 12.2 Å². The van der Waals surface area contributed by atoms with Crippen LogP contribution in [0, 0.1) is 5.82 Å². The highest BCUT2D eigenvalue weighted by Gasteiger charge is 2.31. The molecule has 4 nitrogen and oxygen atoms in total. The Morgan fingerprint density at radius 1 is 1.19 bits per heavy atom. The number of rotatable bonds is 5. The lowest BCUT2D eigenvalue weighted by molar-refractivity contribution is -0.137. The van der Waals surface area contributed by atoms with E-state index in [2.05, 4.69) is 5.32 Å². The molecular formula is C19H17F4NO3. The number of nitrogens with one attached hydrogen (secondary N) is 1. The average molecular weight is 383 g/mol. The van der Waals surface area contributed by atoms with E-state index in [-0.39, 0.29) is 29.7 Å². The lowest BCUT2D eigenvalue weighted by Gasteiger charge is -2.17. The Kier molecular flexibility index (Phi) is 5.65. The molecule has 0 saturated carbocycles. The van der Waals surface area contributed by atoms with Crippen LogP contribution in [0.1, 0.15) is 28.8 Å². The summed E-state index contributed by atoms with van der Waals surface area (Å²) in [4.78, 5) is 12.3. The number of benzene rings is 2. The van der Waals surface area contributed by atoms with Gasteiger partial charge in [0.1, 0.15) is 18.2 Å². The molecule has 1 saturated heterocycles. The Balaban J connectivity index is 1.82. The van der Waals surface area contributed by atoms with Crippen LogP contribution in [-0.4, -0.2) is 25.2 Å². The highest BCUT2D eigenvalue weighted by Crippen LogP contribution is 2.35. The fourth-order valence-corrected chi connectivity index (χ4v) is 2.68. The molecule has 2 aromatic carbocycles. The second-order valence-electron chi connectivity index (χ2n) is 6.12. The highest BCUT2D eigenvalue weighted by molar-refractivity contribution is 6.05. The molecule has 1 atom stereocenters. The minimum Gasteiger partial charge on any atom is -0.489 e. The highest BCUT2D eigenvalue weighted by atomic mass is 19.4. The average Bonchev–Trinajstić information content (AvgIpc) is 3.14. The van der Waals surface area contributed by atoms with Gasteiger partial charge in [0.2, 0.25) is 0 Å². The van der Waals surface area contributed by atoms with Gasteiger partial charge in [-0.3, -0.25) is 4.79 Å². The van der Waals surface area contributed by atoms with Gasteiger partial charge in [-0.15, -0.1) is 0 Å². The SMILES string of the molecule is O=C(Nc1cc(C(F)(F)F)ccc1OC[C@H]1CCCO1)c1ccc(F)cc1. The maximum atomic E-state index is 13.0. The number of carbonyl (C=O) groups is 1. The van der Waals surface area contributed by atoms with E-state index >= 15 is 0 Å². The molecule has 0 bridgehead atoms. The zero-order chi connectivity index (χ0) is 19.4. The summed E-state index contributed by atoms with van der Waals surface area (Å²) in [6.45, 7) is 0.792. The van der Waals surface area contributed by atoms with E-state index in [9.17, 15) is 22.4 Å². The van der Waals surface area contributed by atoms with Crippen LogP contribution in [0.15, 0.2) is 42.5 Å². The van der Waals surface area contributed by atoms with Gasteiger partial charge in [-0.2, -0.15) is 13.2 Å². The molecule has 144 valence electrons. The van der Waals surface area contributed by atoms with Crippen LogP contribution in [0.4, 0.5) is 23.2 Å². The number of ether oxygens (including phenoxy) is 2. The molecule has 1 aliphatic rings. The number of carbonyl (C=O) groups excluding carboxylic acids is 1. The number of alkyl halides is 3. The molecule has 1 fully saturated rings. The second-order valence-corrected chi connectivity index (χ2v) is 6.12. The van der Waals surface area contributed by atoms with Crippen molar-refractivity contribution in [2.75, 3.05) is 18.5 Å². The predicted octanol–water partition coefficient (Wildman–Crippen LogP) is 4.65. The minimum absolute atomic E-state index is 0.106. The molecule has 2 aromatic rings. The third-order valence-electron chi connectivity index (χ3n) is 4.11. The fraction of sp³-hybridized carbons (Fsp3) is 0.316. The predicted molar refractivity (Wildman–Crippen MR) is 90.3 cm³/mol. The Morgan fingerprint density at radius 3 is 2.56 bits per heavy atom. The van der Waals surface area contributed by atoms with Crippen LogP contribution < -0.4 is 10.1 Å². The van der Waals surface area contributed by atoms with Gasteiger partial charge in [-0.05, 0) is 55.3 Å². The first-order chi connectivity index (χ1) is 12.8. The molecule has 0 spiro atoms. The largest absolute Gasteiger partial charge is 0.489 e. The lowest BCUT2D eigenvalue weighted by atomic mass is 10.1. The van der Waals surface area contributed by atoms with Crippen molar-refractivity contribution < 1.29 is 31.8 Å². The van der Waals surface area contributed by atoms with Crippen molar-refractivity contribution in [1.29, 1.82) is 0 Å². The first-order valence-corrected chi connectivity index (χ1v) is 8.35. The molecule has 1 aliphatic heterocycles. The van der Waals surface area contributed by atoms with E-state index in [0.29, 0.717) is 6.61 Å². The first-order valence-electron chi connectivity index (χ1n) is 8.35.